The molecule has 1 atom stereocenters. The maximum Gasteiger partial charge on any atom is 0.339 e. The van der Waals surface area contributed by atoms with Gasteiger partial charge < -0.3 is 10.1 Å². The Bertz CT molecular complexity index is 745. The van der Waals surface area contributed by atoms with Gasteiger partial charge in [-0.3, -0.25) is 4.79 Å². The highest BCUT2D eigenvalue weighted by Crippen LogP contribution is 2.20. The van der Waals surface area contributed by atoms with Crippen molar-refractivity contribution >= 4 is 11.9 Å². The van der Waals surface area contributed by atoms with Crippen LogP contribution in [0.4, 0.5) is 4.39 Å². The molecule has 1 aliphatic rings. The van der Waals surface area contributed by atoms with Crippen molar-refractivity contribution in [1.82, 2.24) is 5.32 Å². The Hall–Kier alpha value is -2.69. The van der Waals surface area contributed by atoms with Gasteiger partial charge >= 0.3 is 5.97 Å². The molecule has 0 aliphatic carbocycles. The molecule has 1 unspecified atom stereocenters. The summed E-state index contributed by atoms with van der Waals surface area (Å²) in [5.74, 6) is -1.10. The quantitative estimate of drug-likeness (QED) is 0.881. The minimum atomic E-state index is -0.815. The van der Waals surface area contributed by atoms with Crippen LogP contribution in [0.25, 0.3) is 0 Å². The normalized spacial score (nSPS) is 16.4. The van der Waals surface area contributed by atoms with Crippen molar-refractivity contribution in [3.05, 3.63) is 71.0 Å². The van der Waals surface area contributed by atoms with Gasteiger partial charge in [0.2, 0.25) is 0 Å². The molecule has 0 saturated carbocycles. The summed E-state index contributed by atoms with van der Waals surface area (Å²) in [6, 6.07) is 13.3. The van der Waals surface area contributed by atoms with Gasteiger partial charge in [-0.05, 0) is 35.7 Å². The standard InChI is InChI=1S/C18H16FNO3/c19-14-6-3-4-12(10-14)8-9-20-17(21)16-11-13-5-1-2-7-15(13)18(22)23-16/h1-7,10,16H,8-9,11H2,(H,20,21). The van der Waals surface area contributed by atoms with E-state index in [0.717, 1.165) is 11.1 Å². The first-order chi connectivity index (χ1) is 11.1. The van der Waals surface area contributed by atoms with Crippen molar-refractivity contribution in [3.63, 3.8) is 0 Å². The topological polar surface area (TPSA) is 55.4 Å². The second kappa shape index (κ2) is 6.60. The number of amides is 1. The lowest BCUT2D eigenvalue weighted by Gasteiger charge is -2.23. The van der Waals surface area contributed by atoms with Crippen LogP contribution in [0, 0.1) is 5.82 Å². The van der Waals surface area contributed by atoms with Crippen LogP contribution in [-0.2, 0) is 22.4 Å². The van der Waals surface area contributed by atoms with Crippen molar-refractivity contribution in [2.24, 2.45) is 0 Å². The fourth-order valence-corrected chi connectivity index (χ4v) is 2.61. The molecule has 0 radical (unpaired) electrons. The summed E-state index contributed by atoms with van der Waals surface area (Å²) in [6.07, 6.45) is 0.0685. The maximum absolute atomic E-state index is 13.1. The van der Waals surface area contributed by atoms with E-state index < -0.39 is 12.1 Å². The highest BCUT2D eigenvalue weighted by Gasteiger charge is 2.30. The number of benzene rings is 2. The number of carbonyl (C=O) groups excluding carboxylic acids is 2. The zero-order valence-electron chi connectivity index (χ0n) is 12.4. The highest BCUT2D eigenvalue weighted by molar-refractivity contribution is 5.95. The first-order valence-corrected chi connectivity index (χ1v) is 7.44. The molecule has 1 N–H and O–H groups in total. The lowest BCUT2D eigenvalue weighted by atomic mass is 9.98. The second-order valence-corrected chi connectivity index (χ2v) is 5.43. The van der Waals surface area contributed by atoms with Crippen LogP contribution in [0.3, 0.4) is 0 Å². The molecule has 0 fully saturated rings. The van der Waals surface area contributed by atoms with Gasteiger partial charge in [-0.25, -0.2) is 9.18 Å². The van der Waals surface area contributed by atoms with Gasteiger partial charge in [0.05, 0.1) is 5.56 Å². The lowest BCUT2D eigenvalue weighted by Crippen LogP contribution is -2.42. The number of ether oxygens (including phenoxy) is 1. The fraction of sp³-hybridized carbons (Fsp3) is 0.222. The third-order valence-corrected chi connectivity index (χ3v) is 3.79. The molecule has 0 saturated heterocycles. The molecule has 0 spiro atoms. The van der Waals surface area contributed by atoms with E-state index in [9.17, 15) is 14.0 Å². The Morgan fingerprint density at radius 3 is 2.87 bits per heavy atom. The van der Waals surface area contributed by atoms with Crippen molar-refractivity contribution < 1.29 is 18.7 Å². The lowest BCUT2D eigenvalue weighted by molar-refractivity contribution is -0.130. The van der Waals surface area contributed by atoms with E-state index in [0.29, 0.717) is 24.9 Å². The molecule has 1 amide bonds. The van der Waals surface area contributed by atoms with E-state index in [1.165, 1.54) is 12.1 Å². The first kappa shape index (κ1) is 15.2. The van der Waals surface area contributed by atoms with Gasteiger partial charge in [0, 0.05) is 13.0 Å². The van der Waals surface area contributed by atoms with Crippen LogP contribution in [0.2, 0.25) is 0 Å². The van der Waals surface area contributed by atoms with Gasteiger partial charge in [-0.15, -0.1) is 0 Å². The molecule has 3 rings (SSSR count). The number of nitrogens with one attached hydrogen (secondary N) is 1. The van der Waals surface area contributed by atoms with Crippen LogP contribution < -0.4 is 5.32 Å². The third kappa shape index (κ3) is 3.56. The van der Waals surface area contributed by atoms with Gasteiger partial charge in [0.1, 0.15) is 5.82 Å². The molecule has 4 nitrogen and oxygen atoms in total. The number of esters is 1. The predicted octanol–water partition coefficient (Wildman–Crippen LogP) is 2.27. The molecule has 2 aromatic rings. The zero-order valence-corrected chi connectivity index (χ0v) is 12.4. The molecule has 1 aliphatic heterocycles. The molecule has 5 heteroatoms. The molecule has 1 heterocycles. The van der Waals surface area contributed by atoms with Crippen molar-refractivity contribution in [2.45, 2.75) is 18.9 Å². The average Bonchev–Trinajstić information content (AvgIpc) is 2.55. The van der Waals surface area contributed by atoms with E-state index in [1.807, 2.05) is 12.1 Å². The molecule has 0 aromatic heterocycles. The maximum atomic E-state index is 13.1. The third-order valence-electron chi connectivity index (χ3n) is 3.79. The second-order valence-electron chi connectivity index (χ2n) is 5.43. The summed E-state index contributed by atoms with van der Waals surface area (Å²) in [5.41, 5.74) is 2.13. The van der Waals surface area contributed by atoms with Crippen molar-refractivity contribution in [1.29, 1.82) is 0 Å². The molecule has 23 heavy (non-hydrogen) atoms. The fourth-order valence-electron chi connectivity index (χ4n) is 2.61. The molecule has 0 bridgehead atoms. The smallest absolute Gasteiger partial charge is 0.339 e. The van der Waals surface area contributed by atoms with Gasteiger partial charge in [0.15, 0.2) is 6.10 Å². The largest absolute Gasteiger partial charge is 0.448 e. The zero-order chi connectivity index (χ0) is 16.2. The van der Waals surface area contributed by atoms with Gasteiger partial charge in [-0.2, -0.15) is 0 Å². The van der Waals surface area contributed by atoms with Crippen LogP contribution in [0.1, 0.15) is 21.5 Å². The summed E-state index contributed by atoms with van der Waals surface area (Å²) in [7, 11) is 0. The summed E-state index contributed by atoms with van der Waals surface area (Å²) < 4.78 is 18.3. The summed E-state index contributed by atoms with van der Waals surface area (Å²) in [5, 5.41) is 2.73. The Kier molecular flexibility index (Phi) is 4.37. The highest BCUT2D eigenvalue weighted by atomic mass is 19.1. The van der Waals surface area contributed by atoms with E-state index in [-0.39, 0.29) is 11.7 Å². The Labute approximate surface area is 133 Å². The van der Waals surface area contributed by atoms with Crippen LogP contribution in [-0.4, -0.2) is 24.5 Å². The Morgan fingerprint density at radius 1 is 1.22 bits per heavy atom. The van der Waals surface area contributed by atoms with Crippen LogP contribution in [0.5, 0.6) is 0 Å². The summed E-state index contributed by atoms with van der Waals surface area (Å²) >= 11 is 0. The number of carbonyl (C=O) groups is 2. The van der Waals surface area contributed by atoms with Gasteiger partial charge in [0.25, 0.3) is 5.91 Å². The first-order valence-electron chi connectivity index (χ1n) is 7.44. The van der Waals surface area contributed by atoms with Crippen molar-refractivity contribution in [2.75, 3.05) is 6.54 Å². The van der Waals surface area contributed by atoms with E-state index >= 15 is 0 Å². The number of fused-ring (bicyclic) bond motifs is 1. The number of cyclic esters (lactones) is 1. The van der Waals surface area contributed by atoms with Crippen LogP contribution in [0.15, 0.2) is 48.5 Å². The van der Waals surface area contributed by atoms with E-state index in [4.69, 9.17) is 4.74 Å². The Morgan fingerprint density at radius 2 is 2.04 bits per heavy atom. The minimum Gasteiger partial charge on any atom is -0.448 e. The van der Waals surface area contributed by atoms with Crippen LogP contribution >= 0.6 is 0 Å². The monoisotopic (exact) mass is 313 g/mol. The SMILES string of the molecule is O=C1OC(C(=O)NCCc2cccc(F)c2)Cc2ccccc21. The number of halogens is 1. The molecule has 2 aromatic carbocycles. The predicted molar refractivity (Wildman–Crippen MR) is 82.5 cm³/mol. The molecule has 118 valence electrons. The molecular formula is C18H16FNO3. The average molecular weight is 313 g/mol. The molecular weight excluding hydrogens is 297 g/mol. The number of hydrogen-bond acceptors (Lipinski definition) is 3. The van der Waals surface area contributed by atoms with Crippen molar-refractivity contribution in [3.8, 4) is 0 Å². The van der Waals surface area contributed by atoms with E-state index in [1.54, 1.807) is 24.3 Å². The number of hydrogen-bond donors (Lipinski definition) is 1. The van der Waals surface area contributed by atoms with E-state index in [2.05, 4.69) is 5.32 Å². The number of rotatable bonds is 4. The summed E-state index contributed by atoms with van der Waals surface area (Å²) in [4.78, 5) is 24.0. The Balaban J connectivity index is 1.56. The summed E-state index contributed by atoms with van der Waals surface area (Å²) in [6.45, 7) is 0.359. The minimum absolute atomic E-state index is 0.299. The van der Waals surface area contributed by atoms with Gasteiger partial charge in [-0.1, -0.05) is 30.3 Å².